The topological polar surface area (TPSA) is 86.8 Å². The summed E-state index contributed by atoms with van der Waals surface area (Å²) in [6.45, 7) is 3.46. The summed E-state index contributed by atoms with van der Waals surface area (Å²) in [6.07, 6.45) is 5.18. The van der Waals surface area contributed by atoms with Crippen LogP contribution in [0, 0.1) is 0 Å². The van der Waals surface area contributed by atoms with Gasteiger partial charge >= 0.3 is 0 Å². The fourth-order valence-corrected chi connectivity index (χ4v) is 6.89. The smallest absolute Gasteiger partial charge is 0.244 e. The Kier molecular flexibility index (Phi) is 11.2. The van der Waals surface area contributed by atoms with Gasteiger partial charge in [-0.05, 0) is 53.6 Å². The van der Waals surface area contributed by atoms with E-state index in [1.165, 1.54) is 4.90 Å². The number of benzene rings is 3. The van der Waals surface area contributed by atoms with Crippen LogP contribution >= 0.6 is 23.2 Å². The van der Waals surface area contributed by atoms with Crippen molar-refractivity contribution in [1.29, 1.82) is 0 Å². The summed E-state index contributed by atoms with van der Waals surface area (Å²) in [5, 5.41) is 3.96. The highest BCUT2D eigenvalue weighted by molar-refractivity contribution is 7.92. The van der Waals surface area contributed by atoms with Gasteiger partial charge in [0.2, 0.25) is 21.8 Å². The van der Waals surface area contributed by atoms with Gasteiger partial charge in [-0.25, -0.2) is 8.42 Å². The summed E-state index contributed by atoms with van der Waals surface area (Å²) in [5.41, 5.74) is 2.71. The van der Waals surface area contributed by atoms with Gasteiger partial charge in [0.1, 0.15) is 12.6 Å². The van der Waals surface area contributed by atoms with E-state index in [1.54, 1.807) is 30.3 Å². The molecule has 1 aliphatic rings. The van der Waals surface area contributed by atoms with Crippen LogP contribution in [0.4, 0.5) is 5.69 Å². The molecule has 0 heterocycles. The van der Waals surface area contributed by atoms with Crippen LogP contribution in [-0.4, -0.2) is 50.0 Å². The van der Waals surface area contributed by atoms with Gasteiger partial charge in [-0.2, -0.15) is 0 Å². The Hall–Kier alpha value is -3.07. The highest BCUT2D eigenvalue weighted by atomic mass is 35.5. The number of para-hydroxylation sites is 1. The lowest BCUT2D eigenvalue weighted by atomic mass is 10.0. The van der Waals surface area contributed by atoms with E-state index < -0.39 is 28.5 Å². The Bertz CT molecular complexity index is 1530. The van der Waals surface area contributed by atoms with Crippen molar-refractivity contribution in [3.05, 3.63) is 99.5 Å². The summed E-state index contributed by atoms with van der Waals surface area (Å²) < 4.78 is 27.5. The van der Waals surface area contributed by atoms with Crippen molar-refractivity contribution in [2.24, 2.45) is 0 Å². The highest BCUT2D eigenvalue weighted by Gasteiger charge is 2.35. The molecule has 0 aromatic heterocycles. The predicted octanol–water partition coefficient (Wildman–Crippen LogP) is 6.58. The molecule has 1 fully saturated rings. The molecule has 0 aliphatic heterocycles. The van der Waals surface area contributed by atoms with E-state index in [0.29, 0.717) is 21.3 Å². The predicted molar refractivity (Wildman–Crippen MR) is 174 cm³/mol. The standard InChI is InChI=1S/C33H39Cl2N3O4S/c1-23(2)28-15-9-10-16-30(28)38(43(3,41)42)22-32(39)37(21-25-17-18-26(34)20-29(25)35)31(19-24-11-5-4-6-12-24)33(40)36-27-13-7-8-14-27/h4-6,9-12,15-18,20,23,27,31H,7-8,13-14,19,21-22H2,1-3H3,(H,36,40)/t31-/m0/s1. The van der Waals surface area contributed by atoms with Gasteiger partial charge in [-0.15, -0.1) is 0 Å². The Balaban J connectivity index is 1.77. The summed E-state index contributed by atoms with van der Waals surface area (Å²) in [5.74, 6) is -0.775. The molecule has 10 heteroatoms. The number of sulfonamides is 1. The zero-order chi connectivity index (χ0) is 31.1. The average molecular weight is 645 g/mol. The van der Waals surface area contributed by atoms with Crippen molar-refractivity contribution in [1.82, 2.24) is 10.2 Å². The second-order valence-corrected chi connectivity index (χ2v) is 14.2. The minimum atomic E-state index is -3.87. The molecular formula is C33H39Cl2N3O4S. The minimum Gasteiger partial charge on any atom is -0.352 e. The van der Waals surface area contributed by atoms with Crippen LogP contribution in [0.15, 0.2) is 72.8 Å². The number of rotatable bonds is 12. The molecule has 0 radical (unpaired) electrons. The van der Waals surface area contributed by atoms with Gasteiger partial charge in [-0.1, -0.05) is 104 Å². The molecule has 4 rings (SSSR count). The molecule has 0 unspecified atom stereocenters. The maximum absolute atomic E-state index is 14.4. The van der Waals surface area contributed by atoms with Crippen LogP contribution in [0.3, 0.4) is 0 Å². The molecule has 3 aromatic carbocycles. The SMILES string of the molecule is CC(C)c1ccccc1N(CC(=O)N(Cc1ccc(Cl)cc1Cl)[C@@H](Cc1ccccc1)C(=O)NC1CCCC1)S(C)(=O)=O. The van der Waals surface area contributed by atoms with Gasteiger partial charge in [0.05, 0.1) is 11.9 Å². The van der Waals surface area contributed by atoms with Crippen molar-refractivity contribution in [2.45, 2.75) is 70.5 Å². The molecule has 43 heavy (non-hydrogen) atoms. The number of amides is 2. The maximum Gasteiger partial charge on any atom is 0.244 e. The van der Waals surface area contributed by atoms with E-state index in [2.05, 4.69) is 5.32 Å². The molecule has 2 amide bonds. The molecule has 230 valence electrons. The highest BCUT2D eigenvalue weighted by Crippen LogP contribution is 2.30. The minimum absolute atomic E-state index is 0.00610. The van der Waals surface area contributed by atoms with Crippen molar-refractivity contribution >= 4 is 50.7 Å². The molecular weight excluding hydrogens is 605 g/mol. The largest absolute Gasteiger partial charge is 0.352 e. The molecule has 3 aromatic rings. The van der Waals surface area contributed by atoms with Crippen LogP contribution < -0.4 is 9.62 Å². The van der Waals surface area contributed by atoms with E-state index >= 15 is 0 Å². The third kappa shape index (κ3) is 8.74. The Labute approximate surface area is 265 Å². The van der Waals surface area contributed by atoms with Crippen molar-refractivity contribution in [3.8, 4) is 0 Å². The number of hydrogen-bond donors (Lipinski definition) is 1. The monoisotopic (exact) mass is 643 g/mol. The van der Waals surface area contributed by atoms with Gasteiger partial charge in [0, 0.05) is 29.1 Å². The summed E-state index contributed by atoms with van der Waals surface area (Å²) >= 11 is 12.7. The number of nitrogens with one attached hydrogen (secondary N) is 1. The summed E-state index contributed by atoms with van der Waals surface area (Å²) in [7, 11) is -3.87. The molecule has 1 saturated carbocycles. The van der Waals surface area contributed by atoms with Gasteiger partial charge in [0.15, 0.2) is 0 Å². The van der Waals surface area contributed by atoms with Crippen LogP contribution in [0.1, 0.15) is 62.1 Å². The third-order valence-electron chi connectivity index (χ3n) is 7.84. The molecule has 1 atom stereocenters. The van der Waals surface area contributed by atoms with Crippen molar-refractivity contribution < 1.29 is 18.0 Å². The van der Waals surface area contributed by atoms with E-state index in [-0.39, 0.29) is 30.8 Å². The zero-order valence-corrected chi connectivity index (χ0v) is 27.1. The third-order valence-corrected chi connectivity index (χ3v) is 9.55. The summed E-state index contributed by atoms with van der Waals surface area (Å²) in [4.78, 5) is 29.8. The van der Waals surface area contributed by atoms with E-state index in [9.17, 15) is 18.0 Å². The second-order valence-electron chi connectivity index (χ2n) is 11.4. The average Bonchev–Trinajstić information content (AvgIpc) is 3.47. The van der Waals surface area contributed by atoms with Crippen LogP contribution in [-0.2, 0) is 32.6 Å². The van der Waals surface area contributed by atoms with E-state index in [0.717, 1.165) is 47.4 Å². The quantitative estimate of drug-likeness (QED) is 0.241. The van der Waals surface area contributed by atoms with E-state index in [1.807, 2.05) is 56.3 Å². The Morgan fingerprint density at radius 1 is 0.953 bits per heavy atom. The molecule has 0 spiro atoms. The lowest BCUT2D eigenvalue weighted by molar-refractivity contribution is -0.140. The number of hydrogen-bond acceptors (Lipinski definition) is 4. The van der Waals surface area contributed by atoms with Gasteiger partial charge in [-0.3, -0.25) is 13.9 Å². The normalized spacial score (nSPS) is 14.5. The van der Waals surface area contributed by atoms with Crippen LogP contribution in [0.2, 0.25) is 10.0 Å². The van der Waals surface area contributed by atoms with Gasteiger partial charge in [0.25, 0.3) is 0 Å². The van der Waals surface area contributed by atoms with Crippen molar-refractivity contribution in [2.75, 3.05) is 17.1 Å². The second kappa shape index (κ2) is 14.6. The first-order valence-electron chi connectivity index (χ1n) is 14.6. The van der Waals surface area contributed by atoms with Crippen molar-refractivity contribution in [3.63, 3.8) is 0 Å². The fourth-order valence-electron chi connectivity index (χ4n) is 5.55. The zero-order valence-electron chi connectivity index (χ0n) is 24.8. The first-order chi connectivity index (χ1) is 20.4. The lowest BCUT2D eigenvalue weighted by Crippen LogP contribution is -2.54. The fraction of sp³-hybridized carbons (Fsp3) is 0.394. The molecule has 7 nitrogen and oxygen atoms in total. The van der Waals surface area contributed by atoms with Crippen LogP contribution in [0.25, 0.3) is 0 Å². The number of halogens is 2. The lowest BCUT2D eigenvalue weighted by Gasteiger charge is -2.34. The number of nitrogens with zero attached hydrogens (tertiary/aromatic N) is 2. The molecule has 1 aliphatic carbocycles. The number of anilines is 1. The number of carbonyl (C=O) groups is 2. The molecule has 1 N–H and O–H groups in total. The number of carbonyl (C=O) groups excluding carboxylic acids is 2. The molecule has 0 saturated heterocycles. The Morgan fingerprint density at radius 2 is 1.60 bits per heavy atom. The first kappa shape index (κ1) is 32.8. The summed E-state index contributed by atoms with van der Waals surface area (Å²) in [6, 6.07) is 20.8. The van der Waals surface area contributed by atoms with Gasteiger partial charge < -0.3 is 10.2 Å². The van der Waals surface area contributed by atoms with Crippen LogP contribution in [0.5, 0.6) is 0 Å². The van der Waals surface area contributed by atoms with E-state index in [4.69, 9.17) is 23.2 Å². The maximum atomic E-state index is 14.4. The first-order valence-corrected chi connectivity index (χ1v) is 17.2. The molecule has 0 bridgehead atoms. The Morgan fingerprint density at radius 3 is 2.23 bits per heavy atom.